The predicted molar refractivity (Wildman–Crippen MR) is 257 cm³/mol. The maximum atomic E-state index is 12.5. The molecule has 34 nitrogen and oxygen atoms in total. The summed E-state index contributed by atoms with van der Waals surface area (Å²) in [7, 11) is -42.4. The van der Waals surface area contributed by atoms with Crippen molar-refractivity contribution in [2.45, 2.75) is 55.4 Å². The summed E-state index contributed by atoms with van der Waals surface area (Å²) in [4.78, 5) is 100. The van der Waals surface area contributed by atoms with Crippen molar-refractivity contribution in [3.63, 3.8) is 0 Å². The zero-order chi connectivity index (χ0) is 57.1. The second-order valence-electron chi connectivity index (χ2n) is 16.6. The molecule has 7 aliphatic heterocycles. The van der Waals surface area contributed by atoms with Crippen LogP contribution >= 0.6 is 0 Å². The van der Waals surface area contributed by atoms with Gasteiger partial charge in [0.2, 0.25) is 0 Å². The first-order chi connectivity index (χ1) is 36.8. The van der Waals surface area contributed by atoms with E-state index in [9.17, 15) is 38.4 Å². The summed E-state index contributed by atoms with van der Waals surface area (Å²) in [5.74, 6) is -7.66. The molecule has 0 radical (unpaired) electrons. The monoisotopic (exact) mass is 1320 g/mol. The van der Waals surface area contributed by atoms with Gasteiger partial charge in [-0.1, -0.05) is 0 Å². The van der Waals surface area contributed by atoms with Crippen LogP contribution in [0.25, 0.3) is 0 Å². The Bertz CT molecular complexity index is 1590. The first-order valence-corrected chi connectivity index (χ1v) is 39.2. The fraction of sp³-hybridized carbons (Fsp3) is 0.778. The molecule has 0 atom stereocenters. The Morgan fingerprint density at radius 1 is 0.237 bits per heavy atom. The van der Waals surface area contributed by atoms with Crippen molar-refractivity contribution in [2.24, 2.45) is 0 Å². The smallest absolute Gasteiger partial charge is 1.00 e. The SMILES string of the molecule is C1COCCOCCOCCOCCOCCO1.CC(=O)OC[Si]12O[Si]3(COC(C)=O)O[Si]4(COC(C)=O)O[Si](COC(C)=O)(O1)O[Si]1(COC(C)=O)O[Si](COC(C)=O)(O2)O[Si](COC(C)=O)(O3)O[Si](COC(C)=O)(O4)O1.[F-].[K+]. The second-order valence-corrected chi connectivity index (χ2v) is 39.6. The van der Waals surface area contributed by atoms with Gasteiger partial charge in [0, 0.05) is 55.4 Å². The number of carbonyl (C=O) groups excluding carboxylic acids is 8. The molecule has 80 heavy (non-hydrogen) atoms. The third-order valence-electron chi connectivity index (χ3n) is 9.58. The van der Waals surface area contributed by atoms with Gasteiger partial charge in [-0.15, -0.1) is 0 Å². The van der Waals surface area contributed by atoms with Crippen molar-refractivity contribution in [1.82, 2.24) is 0 Å². The van der Waals surface area contributed by atoms with E-state index in [1.165, 1.54) is 0 Å². The normalized spacial score (nSPS) is 32.5. The Kier molecular flexibility index (Phi) is 30.2. The summed E-state index contributed by atoms with van der Waals surface area (Å²) in [5, 5.41) is 0. The maximum Gasteiger partial charge on any atom is 1.00 e. The third-order valence-corrected chi connectivity index (χ3v) is 43.4. The van der Waals surface area contributed by atoms with Crippen molar-refractivity contribution >= 4 is 118 Å². The fourth-order valence-electron chi connectivity index (χ4n) is 6.89. The van der Waals surface area contributed by atoms with Gasteiger partial charge in [-0.2, -0.15) is 0 Å². The largest absolute Gasteiger partial charge is 1.00 e. The Balaban J connectivity index is 0.000000716. The van der Waals surface area contributed by atoms with E-state index < -0.39 is 168 Å². The molecule has 0 aromatic rings. The molecule has 0 aromatic carbocycles. The predicted octanol–water partition coefficient (Wildman–Crippen LogP) is -9.31. The van der Waals surface area contributed by atoms with Crippen LogP contribution in [0.2, 0.25) is 0 Å². The minimum absolute atomic E-state index is 0. The third kappa shape index (κ3) is 23.3. The van der Waals surface area contributed by atoms with Crippen molar-refractivity contribution in [1.29, 1.82) is 0 Å². The molecule has 0 aromatic heterocycles. The second kappa shape index (κ2) is 33.3. The van der Waals surface area contributed by atoms with Crippen LogP contribution in [0.3, 0.4) is 0 Å². The number of esters is 8. The molecule has 7 rings (SSSR count). The number of hydrogen-bond donors (Lipinski definition) is 0. The van der Waals surface area contributed by atoms with E-state index in [0.29, 0.717) is 79.3 Å². The standard InChI is InChI=1S/C24H40O28Si8.C12H24O6.FH.K/c1-17(25)33-9-53-41-54(10-34-18(2)26)44-57(13-37-21(5)29)46-55(42-53,11-35-19(3)27)48-59(15-39-23(7)31)49-56(43-53,12-36-20(4)28)47-58(45-54,14-38-22(6)30)51-60(50-57,52-59)16-40-24(8)32;1-2-14-5-6-16-9-10-18-12-11-17-8-7-15-4-3-13-1;;/h9-16H2,1-8H3;1-12H2;1H;/q;;;+1/p-1. The van der Waals surface area contributed by atoms with Gasteiger partial charge < -0.3 is 120 Å². The molecule has 0 N–H and O–H groups in total. The van der Waals surface area contributed by atoms with Crippen molar-refractivity contribution in [3.05, 3.63) is 0 Å². The summed E-state index contributed by atoms with van der Waals surface area (Å²) in [5.41, 5.74) is 0. The van der Waals surface area contributed by atoms with E-state index in [-0.39, 0.29) is 56.1 Å². The van der Waals surface area contributed by atoms with E-state index in [1.807, 2.05) is 0 Å². The maximum absolute atomic E-state index is 12.5. The van der Waals surface area contributed by atoms with Gasteiger partial charge in [0.25, 0.3) is 0 Å². The summed E-state index contributed by atoms with van der Waals surface area (Å²) in [6.45, 7) is 15.0. The quantitative estimate of drug-likeness (QED) is 0.0787. The van der Waals surface area contributed by atoms with Crippen LogP contribution < -0.4 is 56.1 Å². The average molecular weight is 1320 g/mol. The number of ether oxygens (including phenoxy) is 14. The number of halogens is 1. The Labute approximate surface area is 508 Å². The molecule has 0 saturated carbocycles. The molecule has 0 aliphatic carbocycles. The van der Waals surface area contributed by atoms with Crippen LogP contribution in [0.15, 0.2) is 0 Å². The molecule has 7 fully saturated rings. The van der Waals surface area contributed by atoms with Crippen LogP contribution in [0.5, 0.6) is 0 Å². The van der Waals surface area contributed by atoms with Gasteiger partial charge in [0.1, 0.15) is 0 Å². The molecular weight excluding hydrogens is 1260 g/mol. The molecular formula is C36H64FKO34Si8. The van der Waals surface area contributed by atoms with Crippen LogP contribution in [-0.4, -0.2) is 247 Å². The summed E-state index contributed by atoms with van der Waals surface area (Å²) < 4.78 is 155. The minimum Gasteiger partial charge on any atom is -1.00 e. The summed E-state index contributed by atoms with van der Waals surface area (Å²) in [6, 6.07) is 0. The zero-order valence-corrected chi connectivity index (χ0v) is 56.5. The van der Waals surface area contributed by atoms with E-state index >= 15 is 0 Å². The summed E-state index contributed by atoms with van der Waals surface area (Å²) in [6.07, 6.45) is -8.25. The van der Waals surface area contributed by atoms with Crippen LogP contribution in [0.4, 0.5) is 0 Å². The Morgan fingerprint density at radius 3 is 0.400 bits per heavy atom. The number of hydrogen-bond acceptors (Lipinski definition) is 34. The molecule has 7 aliphatic rings. The first kappa shape index (κ1) is 72.6. The van der Waals surface area contributed by atoms with E-state index in [4.69, 9.17) is 116 Å². The van der Waals surface area contributed by atoms with Crippen molar-refractivity contribution in [3.8, 4) is 0 Å². The molecule has 0 amide bonds. The molecule has 7 saturated heterocycles. The van der Waals surface area contributed by atoms with E-state index in [2.05, 4.69) is 0 Å². The molecule has 452 valence electrons. The van der Waals surface area contributed by atoms with E-state index in [1.54, 1.807) is 0 Å². The molecule has 0 unspecified atom stereocenters. The first-order valence-electron chi connectivity index (χ1n) is 23.8. The summed E-state index contributed by atoms with van der Waals surface area (Å²) >= 11 is 0. The minimum atomic E-state index is -5.29. The zero-order valence-electron chi connectivity index (χ0n) is 45.4. The van der Waals surface area contributed by atoms with Gasteiger partial charge >= 0.3 is 170 Å². The molecule has 8 bridgehead atoms. The molecule has 7 heterocycles. The van der Waals surface area contributed by atoms with Gasteiger partial charge in [-0.3, -0.25) is 38.4 Å². The van der Waals surface area contributed by atoms with Crippen molar-refractivity contribution < 1.29 is 210 Å². The Hall–Kier alpha value is -1.66. The van der Waals surface area contributed by atoms with Gasteiger partial charge in [-0.05, 0) is 0 Å². The van der Waals surface area contributed by atoms with Gasteiger partial charge in [0.05, 0.1) is 79.3 Å². The number of rotatable bonds is 16. The topological polar surface area (TPSA) is 377 Å². The Morgan fingerprint density at radius 2 is 0.325 bits per heavy atom. The fourth-order valence-corrected chi connectivity index (χ4v) is 51.3. The van der Waals surface area contributed by atoms with E-state index in [0.717, 1.165) is 55.4 Å². The molecule has 0 spiro atoms. The van der Waals surface area contributed by atoms with Crippen LogP contribution in [0.1, 0.15) is 55.4 Å². The van der Waals surface area contributed by atoms with Crippen LogP contribution in [-0.2, 0) is 154 Å². The van der Waals surface area contributed by atoms with Gasteiger partial charge in [-0.25, -0.2) is 0 Å². The average Bonchev–Trinajstić information content (AvgIpc) is 3.32. The van der Waals surface area contributed by atoms with Crippen molar-refractivity contribution in [2.75, 3.05) is 129 Å². The number of carbonyl (C=O) groups is 8. The van der Waals surface area contributed by atoms with Gasteiger partial charge in [0.15, 0.2) is 49.8 Å². The molecule has 44 heteroatoms. The van der Waals surface area contributed by atoms with Crippen LogP contribution in [0, 0.1) is 0 Å².